The summed E-state index contributed by atoms with van der Waals surface area (Å²) in [6, 6.07) is 0. The van der Waals surface area contributed by atoms with E-state index in [1.54, 1.807) is 31.9 Å². The second-order valence-corrected chi connectivity index (χ2v) is 4.64. The van der Waals surface area contributed by atoms with Crippen LogP contribution < -0.4 is 0 Å². The Hall–Kier alpha value is -2.15. The van der Waals surface area contributed by atoms with Crippen LogP contribution in [0.4, 0.5) is 0 Å². The summed E-state index contributed by atoms with van der Waals surface area (Å²) in [5, 5.41) is 4.02. The highest BCUT2D eigenvalue weighted by Crippen LogP contribution is 2.02. The maximum Gasteiger partial charge on any atom is 0.335 e. The summed E-state index contributed by atoms with van der Waals surface area (Å²) in [7, 11) is 3.44. The van der Waals surface area contributed by atoms with Crippen molar-refractivity contribution in [2.45, 2.75) is 19.6 Å². The van der Waals surface area contributed by atoms with Crippen molar-refractivity contribution in [3.8, 4) is 0 Å². The van der Waals surface area contributed by atoms with Crippen LogP contribution in [-0.2, 0) is 32.7 Å². The van der Waals surface area contributed by atoms with Crippen molar-refractivity contribution < 1.29 is 19.1 Å². The molecule has 1 amide bonds. The van der Waals surface area contributed by atoms with Crippen molar-refractivity contribution in [3.05, 3.63) is 30.6 Å². The van der Waals surface area contributed by atoms with E-state index in [2.05, 4.69) is 11.7 Å². The Kier molecular flexibility index (Phi) is 6.61. The molecule has 0 bridgehead atoms. The molecule has 1 atom stereocenters. The summed E-state index contributed by atoms with van der Waals surface area (Å²) >= 11 is 0. The Morgan fingerprint density at radius 3 is 2.86 bits per heavy atom. The van der Waals surface area contributed by atoms with Crippen molar-refractivity contribution >= 4 is 11.9 Å². The molecular weight excluding hydrogens is 274 g/mol. The quantitative estimate of drug-likeness (QED) is 0.516. The Labute approximate surface area is 124 Å². The zero-order valence-corrected chi connectivity index (χ0v) is 12.6. The average molecular weight is 295 g/mol. The predicted molar refractivity (Wildman–Crippen MR) is 76.3 cm³/mol. The van der Waals surface area contributed by atoms with Gasteiger partial charge in [0.15, 0.2) is 12.7 Å². The normalized spacial score (nSPS) is 11.8. The van der Waals surface area contributed by atoms with E-state index in [9.17, 15) is 9.59 Å². The molecule has 1 aromatic rings. The van der Waals surface area contributed by atoms with Gasteiger partial charge in [-0.15, -0.1) is 6.58 Å². The Morgan fingerprint density at radius 2 is 2.29 bits per heavy atom. The number of carbonyl (C=O) groups excluding carboxylic acids is 2. The van der Waals surface area contributed by atoms with Crippen molar-refractivity contribution in [1.29, 1.82) is 0 Å². The van der Waals surface area contributed by atoms with Crippen LogP contribution in [0.3, 0.4) is 0 Å². The second-order valence-electron chi connectivity index (χ2n) is 4.64. The van der Waals surface area contributed by atoms with Crippen molar-refractivity contribution in [2.24, 2.45) is 7.05 Å². The van der Waals surface area contributed by atoms with Gasteiger partial charge in [0, 0.05) is 32.4 Å². The highest BCUT2D eigenvalue weighted by molar-refractivity contribution is 5.81. The molecule has 0 radical (unpaired) electrons. The zero-order chi connectivity index (χ0) is 15.8. The molecule has 21 heavy (non-hydrogen) atoms. The lowest BCUT2D eigenvalue weighted by molar-refractivity contribution is -0.160. The highest BCUT2D eigenvalue weighted by Gasteiger charge is 2.18. The first-order valence-electron chi connectivity index (χ1n) is 6.54. The van der Waals surface area contributed by atoms with Crippen molar-refractivity contribution in [2.75, 3.05) is 20.3 Å². The molecule has 0 saturated carbocycles. The molecule has 1 unspecified atom stereocenters. The molecule has 0 aliphatic rings. The summed E-state index contributed by atoms with van der Waals surface area (Å²) in [6.45, 7) is 5.41. The molecule has 1 heterocycles. The minimum Gasteiger partial charge on any atom is -0.454 e. The lowest BCUT2D eigenvalue weighted by Gasteiger charge is -2.17. The number of nitrogens with zero attached hydrogens (tertiary/aromatic N) is 3. The van der Waals surface area contributed by atoms with Gasteiger partial charge in [-0.25, -0.2) is 4.79 Å². The minimum atomic E-state index is -0.723. The van der Waals surface area contributed by atoms with E-state index in [1.165, 1.54) is 11.0 Å². The third-order valence-corrected chi connectivity index (χ3v) is 2.74. The first-order chi connectivity index (χ1) is 9.93. The Balaban J connectivity index is 2.35. The standard InChI is InChI=1S/C14H21N3O4/c1-5-6-20-11(2)14(19)21-10-13(18)16(3)8-12-7-15-17(4)9-12/h5,7,9,11H,1,6,8,10H2,2-4H3. The molecule has 0 spiro atoms. The van der Waals surface area contributed by atoms with Gasteiger partial charge in [-0.05, 0) is 6.92 Å². The number of esters is 1. The molecule has 1 rings (SSSR count). The van der Waals surface area contributed by atoms with Gasteiger partial charge in [0.2, 0.25) is 0 Å². The number of likely N-dealkylation sites (N-methyl/N-ethyl adjacent to an activating group) is 1. The fourth-order valence-corrected chi connectivity index (χ4v) is 1.56. The first kappa shape index (κ1) is 16.9. The number of hydrogen-bond acceptors (Lipinski definition) is 5. The van der Waals surface area contributed by atoms with Crippen LogP contribution >= 0.6 is 0 Å². The number of aryl methyl sites for hydroxylation is 1. The number of rotatable bonds is 8. The molecule has 0 saturated heterocycles. The molecular formula is C14H21N3O4. The number of hydrogen-bond donors (Lipinski definition) is 0. The highest BCUT2D eigenvalue weighted by atomic mass is 16.6. The van der Waals surface area contributed by atoms with Crippen LogP contribution in [0, 0.1) is 0 Å². The minimum absolute atomic E-state index is 0.255. The molecule has 7 heteroatoms. The Morgan fingerprint density at radius 1 is 1.57 bits per heavy atom. The molecule has 0 aromatic carbocycles. The van der Waals surface area contributed by atoms with Gasteiger partial charge in [0.05, 0.1) is 12.8 Å². The zero-order valence-electron chi connectivity index (χ0n) is 12.6. The van der Waals surface area contributed by atoms with Gasteiger partial charge < -0.3 is 14.4 Å². The molecule has 0 N–H and O–H groups in total. The van der Waals surface area contributed by atoms with Crippen LogP contribution in [0.5, 0.6) is 0 Å². The van der Waals surface area contributed by atoms with E-state index in [0.29, 0.717) is 6.54 Å². The molecule has 116 valence electrons. The smallest absolute Gasteiger partial charge is 0.335 e. The van der Waals surface area contributed by atoms with E-state index < -0.39 is 12.1 Å². The van der Waals surface area contributed by atoms with E-state index in [-0.39, 0.29) is 19.1 Å². The van der Waals surface area contributed by atoms with Gasteiger partial charge >= 0.3 is 5.97 Å². The fourth-order valence-electron chi connectivity index (χ4n) is 1.56. The van der Waals surface area contributed by atoms with E-state index in [1.807, 2.05) is 6.20 Å². The summed E-state index contributed by atoms with van der Waals surface area (Å²) in [6.07, 6.45) is 4.32. The van der Waals surface area contributed by atoms with E-state index in [0.717, 1.165) is 5.56 Å². The SMILES string of the molecule is C=CCOC(C)C(=O)OCC(=O)N(C)Cc1cnn(C)c1. The maximum absolute atomic E-state index is 11.9. The van der Waals surface area contributed by atoms with Crippen molar-refractivity contribution in [1.82, 2.24) is 14.7 Å². The lowest BCUT2D eigenvalue weighted by atomic mass is 10.3. The number of carbonyl (C=O) groups is 2. The number of amides is 1. The molecule has 1 aromatic heterocycles. The van der Waals surface area contributed by atoms with E-state index >= 15 is 0 Å². The monoisotopic (exact) mass is 295 g/mol. The van der Waals surface area contributed by atoms with Crippen LogP contribution in [0.1, 0.15) is 12.5 Å². The number of ether oxygens (including phenoxy) is 2. The number of aromatic nitrogens is 2. The summed E-state index contributed by atoms with van der Waals surface area (Å²) < 4.78 is 11.7. The summed E-state index contributed by atoms with van der Waals surface area (Å²) in [4.78, 5) is 24.9. The van der Waals surface area contributed by atoms with Crippen LogP contribution in [0.2, 0.25) is 0 Å². The molecule has 0 fully saturated rings. The maximum atomic E-state index is 11.9. The largest absolute Gasteiger partial charge is 0.454 e. The van der Waals surface area contributed by atoms with Gasteiger partial charge in [-0.2, -0.15) is 5.10 Å². The summed E-state index contributed by atoms with van der Waals surface area (Å²) in [5.41, 5.74) is 0.905. The van der Waals surface area contributed by atoms with Crippen LogP contribution in [0.25, 0.3) is 0 Å². The second kappa shape index (κ2) is 8.21. The van der Waals surface area contributed by atoms with E-state index in [4.69, 9.17) is 9.47 Å². The first-order valence-corrected chi connectivity index (χ1v) is 6.54. The van der Waals surface area contributed by atoms with Crippen LogP contribution in [0.15, 0.2) is 25.0 Å². The summed E-state index contributed by atoms with van der Waals surface area (Å²) in [5.74, 6) is -0.858. The third-order valence-electron chi connectivity index (χ3n) is 2.74. The molecule has 0 aliphatic heterocycles. The third kappa shape index (κ3) is 5.78. The van der Waals surface area contributed by atoms with Crippen molar-refractivity contribution in [3.63, 3.8) is 0 Å². The van der Waals surface area contributed by atoms with Gasteiger partial charge in [-0.1, -0.05) is 6.08 Å². The predicted octanol–water partition coefficient (Wildman–Crippen LogP) is 0.513. The fraction of sp³-hybridized carbons (Fsp3) is 0.500. The topological polar surface area (TPSA) is 73.7 Å². The Bertz CT molecular complexity index is 498. The molecule has 7 nitrogen and oxygen atoms in total. The van der Waals surface area contributed by atoms with Crippen LogP contribution in [-0.4, -0.2) is 52.9 Å². The van der Waals surface area contributed by atoms with Gasteiger partial charge in [-0.3, -0.25) is 9.48 Å². The lowest BCUT2D eigenvalue weighted by Crippen LogP contribution is -2.33. The van der Waals surface area contributed by atoms with Gasteiger partial charge in [0.1, 0.15) is 0 Å². The average Bonchev–Trinajstić information content (AvgIpc) is 2.86. The van der Waals surface area contributed by atoms with Gasteiger partial charge in [0.25, 0.3) is 5.91 Å². The molecule has 0 aliphatic carbocycles.